The zero-order valence-corrected chi connectivity index (χ0v) is 7.46. The largest absolute Gasteiger partial charge is 0.512 e. The van der Waals surface area contributed by atoms with Crippen LogP contribution in [-0.2, 0) is 0 Å². The number of rotatable bonds is 2. The highest BCUT2D eigenvalue weighted by molar-refractivity contribution is 6.03. The monoisotopic (exact) mass is 166 g/mol. The molecule has 0 fully saturated rings. The van der Waals surface area contributed by atoms with Crippen molar-refractivity contribution in [1.82, 2.24) is 0 Å². The van der Waals surface area contributed by atoms with E-state index in [0.29, 0.717) is 23.7 Å². The summed E-state index contributed by atoms with van der Waals surface area (Å²) in [5.74, 6) is 0.979. The molecule has 3 heteroatoms. The maximum atomic E-state index is 9.44. The average Bonchev–Trinajstić information content (AvgIpc) is 1.97. The summed E-state index contributed by atoms with van der Waals surface area (Å²) in [5.41, 5.74) is 0.701. The second-order valence-electron chi connectivity index (χ2n) is 3.39. The Bertz CT molecular complexity index is 251. The van der Waals surface area contributed by atoms with Crippen LogP contribution < -0.4 is 0 Å². The Morgan fingerprint density at radius 2 is 2.33 bits per heavy atom. The molecule has 1 heterocycles. The maximum absolute atomic E-state index is 9.44. The lowest BCUT2D eigenvalue weighted by Gasteiger charge is -2.13. The normalized spacial score (nSPS) is 17.8. The first-order valence-electron chi connectivity index (χ1n) is 4.13. The predicted molar refractivity (Wildman–Crippen MR) is 49.9 cm³/mol. The van der Waals surface area contributed by atoms with Crippen LogP contribution in [0.5, 0.6) is 0 Å². The van der Waals surface area contributed by atoms with Crippen molar-refractivity contribution >= 4 is 12.1 Å². The third kappa shape index (κ3) is 1.94. The molecule has 1 aliphatic heterocycles. The fraction of sp³-hybridized carbons (Fsp3) is 0.556. The number of nitrogens with one attached hydrogen (secondary N) is 1. The molecule has 0 amide bonds. The molecule has 1 aliphatic rings. The van der Waals surface area contributed by atoms with Crippen LogP contribution in [0.1, 0.15) is 26.7 Å². The topological polar surface area (TPSA) is 56.4 Å². The Hall–Kier alpha value is -1.12. The van der Waals surface area contributed by atoms with Gasteiger partial charge in [0.2, 0.25) is 0 Å². The molecule has 3 nitrogen and oxygen atoms in total. The number of aliphatic hydroxyl groups excluding tert-OH is 1. The third-order valence-corrected chi connectivity index (χ3v) is 1.75. The van der Waals surface area contributed by atoms with E-state index in [1.165, 1.54) is 0 Å². The smallest absolute Gasteiger partial charge is 0.150 e. The molecule has 0 atom stereocenters. The zero-order chi connectivity index (χ0) is 9.14. The van der Waals surface area contributed by atoms with Crippen molar-refractivity contribution in [3.63, 3.8) is 0 Å². The summed E-state index contributed by atoms with van der Waals surface area (Å²) in [6, 6.07) is 0. The van der Waals surface area contributed by atoms with E-state index in [2.05, 4.69) is 18.8 Å². The van der Waals surface area contributed by atoms with Gasteiger partial charge in [-0.05, 0) is 12.3 Å². The number of nitrogens with zero attached hydrogens (tertiary/aromatic N) is 1. The highest BCUT2D eigenvalue weighted by Gasteiger charge is 2.14. The van der Waals surface area contributed by atoms with Gasteiger partial charge in [-0.15, -0.1) is 0 Å². The van der Waals surface area contributed by atoms with Gasteiger partial charge in [-0.1, -0.05) is 13.8 Å². The fourth-order valence-electron chi connectivity index (χ4n) is 1.18. The number of dihydropyridines is 1. The van der Waals surface area contributed by atoms with Gasteiger partial charge >= 0.3 is 0 Å². The maximum Gasteiger partial charge on any atom is 0.150 e. The van der Waals surface area contributed by atoms with Crippen LogP contribution in [0.25, 0.3) is 0 Å². The summed E-state index contributed by atoms with van der Waals surface area (Å²) < 4.78 is 0. The van der Waals surface area contributed by atoms with Crippen LogP contribution in [0, 0.1) is 11.3 Å². The number of aliphatic hydroxyl groups is 1. The molecule has 0 spiro atoms. The summed E-state index contributed by atoms with van der Waals surface area (Å²) in [4.78, 5) is 3.86. The lowest BCUT2D eigenvalue weighted by Crippen LogP contribution is -2.10. The zero-order valence-electron chi connectivity index (χ0n) is 7.46. The molecule has 0 aromatic heterocycles. The number of aliphatic imine (C=N–C) groups is 1. The molecule has 0 aliphatic carbocycles. The summed E-state index contributed by atoms with van der Waals surface area (Å²) >= 11 is 0. The Morgan fingerprint density at radius 1 is 1.67 bits per heavy atom. The SMILES string of the molecule is CC(C)CC1=C(O)CC=NC1=N. The molecule has 0 saturated carbocycles. The lowest BCUT2D eigenvalue weighted by atomic mass is 9.99. The van der Waals surface area contributed by atoms with Crippen molar-refractivity contribution < 1.29 is 5.11 Å². The minimum Gasteiger partial charge on any atom is -0.512 e. The second-order valence-corrected chi connectivity index (χ2v) is 3.39. The van der Waals surface area contributed by atoms with Gasteiger partial charge in [-0.2, -0.15) is 0 Å². The number of amidine groups is 1. The van der Waals surface area contributed by atoms with E-state index in [9.17, 15) is 5.11 Å². The van der Waals surface area contributed by atoms with Crippen LogP contribution in [0.15, 0.2) is 16.3 Å². The van der Waals surface area contributed by atoms with Crippen molar-refractivity contribution in [3.05, 3.63) is 11.3 Å². The first-order chi connectivity index (χ1) is 5.61. The molecule has 66 valence electrons. The van der Waals surface area contributed by atoms with E-state index in [0.717, 1.165) is 6.42 Å². The van der Waals surface area contributed by atoms with Crippen LogP contribution in [-0.4, -0.2) is 17.2 Å². The summed E-state index contributed by atoms with van der Waals surface area (Å²) in [6.07, 6.45) is 2.79. The van der Waals surface area contributed by atoms with Crippen molar-refractivity contribution in [1.29, 1.82) is 5.41 Å². The van der Waals surface area contributed by atoms with Crippen molar-refractivity contribution in [2.24, 2.45) is 10.9 Å². The predicted octanol–water partition coefficient (Wildman–Crippen LogP) is 2.30. The average molecular weight is 166 g/mol. The molecule has 0 bridgehead atoms. The van der Waals surface area contributed by atoms with E-state index in [1.807, 2.05) is 0 Å². The van der Waals surface area contributed by atoms with Gasteiger partial charge in [0.1, 0.15) is 5.76 Å². The molecule has 0 saturated heterocycles. The molecule has 0 unspecified atom stereocenters. The van der Waals surface area contributed by atoms with E-state index in [1.54, 1.807) is 6.21 Å². The van der Waals surface area contributed by atoms with Crippen molar-refractivity contribution in [2.75, 3.05) is 0 Å². The standard InChI is InChI=1S/C9H14N2O/c1-6(2)5-7-8(12)3-4-11-9(7)10/h4,6,10,12H,3,5H2,1-2H3. The Kier molecular flexibility index (Phi) is 2.63. The Morgan fingerprint density at radius 3 is 2.83 bits per heavy atom. The quantitative estimate of drug-likeness (QED) is 0.649. The molecule has 0 aromatic rings. The van der Waals surface area contributed by atoms with Gasteiger partial charge in [-0.3, -0.25) is 5.41 Å². The van der Waals surface area contributed by atoms with Gasteiger partial charge in [0.15, 0.2) is 5.84 Å². The molecule has 12 heavy (non-hydrogen) atoms. The number of hydrogen-bond donors (Lipinski definition) is 2. The third-order valence-electron chi connectivity index (χ3n) is 1.75. The van der Waals surface area contributed by atoms with E-state index >= 15 is 0 Å². The fourth-order valence-corrected chi connectivity index (χ4v) is 1.18. The van der Waals surface area contributed by atoms with Crippen LogP contribution >= 0.6 is 0 Å². The summed E-state index contributed by atoms with van der Waals surface area (Å²) in [7, 11) is 0. The molecular weight excluding hydrogens is 152 g/mol. The van der Waals surface area contributed by atoms with Gasteiger partial charge in [0.05, 0.1) is 0 Å². The Labute approximate surface area is 72.3 Å². The highest BCUT2D eigenvalue weighted by atomic mass is 16.3. The van der Waals surface area contributed by atoms with Gasteiger partial charge in [-0.25, -0.2) is 4.99 Å². The van der Waals surface area contributed by atoms with Gasteiger partial charge in [0.25, 0.3) is 0 Å². The minimum absolute atomic E-state index is 0.215. The second kappa shape index (κ2) is 3.52. The summed E-state index contributed by atoms with van der Waals surface area (Å²) in [6.45, 7) is 4.12. The molecule has 1 rings (SSSR count). The van der Waals surface area contributed by atoms with E-state index in [4.69, 9.17) is 5.41 Å². The number of hydrogen-bond acceptors (Lipinski definition) is 2. The summed E-state index contributed by atoms with van der Waals surface area (Å²) in [5, 5.41) is 16.9. The number of allylic oxidation sites excluding steroid dienone is 1. The highest BCUT2D eigenvalue weighted by Crippen LogP contribution is 2.19. The molecule has 2 N–H and O–H groups in total. The molecular formula is C9H14N2O. The van der Waals surface area contributed by atoms with Crippen LogP contribution in [0.3, 0.4) is 0 Å². The minimum atomic E-state index is 0.215. The van der Waals surface area contributed by atoms with E-state index < -0.39 is 0 Å². The van der Waals surface area contributed by atoms with E-state index in [-0.39, 0.29) is 5.84 Å². The molecule has 0 aromatic carbocycles. The van der Waals surface area contributed by atoms with Crippen LogP contribution in [0.2, 0.25) is 0 Å². The first-order valence-corrected chi connectivity index (χ1v) is 4.13. The van der Waals surface area contributed by atoms with Gasteiger partial charge < -0.3 is 5.11 Å². The van der Waals surface area contributed by atoms with Gasteiger partial charge in [0, 0.05) is 18.2 Å². The van der Waals surface area contributed by atoms with Crippen LogP contribution in [0.4, 0.5) is 0 Å². The van der Waals surface area contributed by atoms with Crippen molar-refractivity contribution in [2.45, 2.75) is 26.7 Å². The lowest BCUT2D eigenvalue weighted by molar-refractivity contribution is 0.395. The Balaban J connectivity index is 2.77. The first kappa shape index (κ1) is 8.97. The van der Waals surface area contributed by atoms with Crippen molar-refractivity contribution in [3.8, 4) is 0 Å². The molecule has 0 radical (unpaired) electrons.